The van der Waals surface area contributed by atoms with Gasteiger partial charge in [0, 0.05) is 24.0 Å². The van der Waals surface area contributed by atoms with Gasteiger partial charge >= 0.3 is 0 Å². The average Bonchev–Trinajstić information content (AvgIpc) is 3.04. The van der Waals surface area contributed by atoms with Crippen molar-refractivity contribution in [3.63, 3.8) is 0 Å². The van der Waals surface area contributed by atoms with E-state index in [1.165, 1.54) is 18.3 Å². The summed E-state index contributed by atoms with van der Waals surface area (Å²) in [5.74, 6) is 0.926. The molecule has 27 heavy (non-hydrogen) atoms. The minimum absolute atomic E-state index is 0.0510. The maximum atomic E-state index is 13.1. The molecule has 0 saturated heterocycles. The highest BCUT2D eigenvalue weighted by Crippen LogP contribution is 2.27. The molecule has 0 bridgehead atoms. The highest BCUT2D eigenvalue weighted by Gasteiger charge is 2.14. The van der Waals surface area contributed by atoms with Gasteiger partial charge in [0.1, 0.15) is 22.3 Å². The van der Waals surface area contributed by atoms with E-state index < -0.39 is 0 Å². The number of hydrogen-bond acceptors (Lipinski definition) is 5. The summed E-state index contributed by atoms with van der Waals surface area (Å²) in [6.45, 7) is 3.88. The number of H-pyrrole nitrogens is 1. The van der Waals surface area contributed by atoms with E-state index in [9.17, 15) is 4.39 Å². The molecule has 8 heteroatoms. The summed E-state index contributed by atoms with van der Waals surface area (Å²) < 4.78 is 13.1. The van der Waals surface area contributed by atoms with Gasteiger partial charge in [-0.3, -0.25) is 0 Å². The lowest BCUT2D eigenvalue weighted by molar-refractivity contribution is 0.626. The minimum Gasteiger partial charge on any atom is -0.363 e. The third-order valence-electron chi connectivity index (χ3n) is 4.18. The molecular weight excluding hydrogens is 367 g/mol. The van der Waals surface area contributed by atoms with Crippen molar-refractivity contribution in [1.29, 1.82) is 0 Å². The Bertz CT molecular complexity index is 1110. The van der Waals surface area contributed by atoms with Crippen LogP contribution in [0, 0.1) is 12.7 Å². The van der Waals surface area contributed by atoms with Gasteiger partial charge < -0.3 is 10.3 Å². The second kappa shape index (κ2) is 6.92. The van der Waals surface area contributed by atoms with E-state index in [-0.39, 0.29) is 11.9 Å². The van der Waals surface area contributed by atoms with E-state index >= 15 is 0 Å². The molecule has 4 rings (SSSR count). The molecule has 1 aromatic carbocycles. The lowest BCUT2D eigenvalue weighted by atomic mass is 10.1. The van der Waals surface area contributed by atoms with Gasteiger partial charge in [-0.2, -0.15) is 0 Å². The Morgan fingerprint density at radius 1 is 1.15 bits per heavy atom. The van der Waals surface area contributed by atoms with Gasteiger partial charge in [0.15, 0.2) is 11.5 Å². The van der Waals surface area contributed by atoms with Gasteiger partial charge in [-0.15, -0.1) is 0 Å². The van der Waals surface area contributed by atoms with Gasteiger partial charge in [0.2, 0.25) is 0 Å². The zero-order valence-corrected chi connectivity index (χ0v) is 15.4. The fourth-order valence-electron chi connectivity index (χ4n) is 2.86. The van der Waals surface area contributed by atoms with Gasteiger partial charge in [0.25, 0.3) is 0 Å². The zero-order chi connectivity index (χ0) is 19.0. The number of rotatable bonds is 4. The van der Waals surface area contributed by atoms with E-state index in [2.05, 4.69) is 30.2 Å². The maximum Gasteiger partial charge on any atom is 0.165 e. The summed E-state index contributed by atoms with van der Waals surface area (Å²) >= 11 is 5.98. The largest absolute Gasteiger partial charge is 0.363 e. The number of hydrogen-bond donors (Lipinski definition) is 2. The van der Waals surface area contributed by atoms with Gasteiger partial charge in [-0.05, 0) is 31.5 Å². The third-order valence-corrected chi connectivity index (χ3v) is 4.36. The normalized spacial score (nSPS) is 12.3. The molecule has 1 atom stereocenters. The Morgan fingerprint density at radius 2 is 1.93 bits per heavy atom. The number of aryl methyl sites for hydroxylation is 1. The quantitative estimate of drug-likeness (QED) is 0.535. The lowest BCUT2D eigenvalue weighted by Crippen LogP contribution is -2.09. The zero-order valence-electron chi connectivity index (χ0n) is 14.7. The summed E-state index contributed by atoms with van der Waals surface area (Å²) in [6.07, 6.45) is 3.25. The van der Waals surface area contributed by atoms with Crippen LogP contribution in [0.4, 0.5) is 10.2 Å². The molecule has 0 unspecified atom stereocenters. The van der Waals surface area contributed by atoms with Gasteiger partial charge in [-0.25, -0.2) is 24.3 Å². The molecule has 0 saturated carbocycles. The van der Waals surface area contributed by atoms with Crippen molar-refractivity contribution in [1.82, 2.24) is 24.9 Å². The predicted molar refractivity (Wildman–Crippen MR) is 103 cm³/mol. The van der Waals surface area contributed by atoms with Crippen LogP contribution in [0.15, 0.2) is 42.7 Å². The van der Waals surface area contributed by atoms with E-state index in [1.807, 2.05) is 19.9 Å². The summed E-state index contributed by atoms with van der Waals surface area (Å²) in [5.41, 5.74) is 3.72. The van der Waals surface area contributed by atoms with Crippen LogP contribution in [0.25, 0.3) is 22.6 Å². The number of nitrogens with zero attached hydrogens (tertiary/aromatic N) is 4. The van der Waals surface area contributed by atoms with Crippen LogP contribution in [0.2, 0.25) is 5.15 Å². The Hall–Kier alpha value is -3.06. The molecule has 0 fully saturated rings. The number of aromatic nitrogens is 5. The molecule has 0 amide bonds. The summed E-state index contributed by atoms with van der Waals surface area (Å²) in [7, 11) is 0. The number of halogens is 2. The van der Waals surface area contributed by atoms with Crippen molar-refractivity contribution in [2.45, 2.75) is 19.9 Å². The van der Waals surface area contributed by atoms with Crippen LogP contribution in [0.5, 0.6) is 0 Å². The van der Waals surface area contributed by atoms with Crippen molar-refractivity contribution >= 4 is 28.6 Å². The van der Waals surface area contributed by atoms with E-state index in [0.29, 0.717) is 28.0 Å². The van der Waals surface area contributed by atoms with Crippen LogP contribution < -0.4 is 5.32 Å². The molecular formula is C19H16ClFN6. The molecule has 0 aliphatic rings. The topological polar surface area (TPSA) is 79.4 Å². The molecule has 136 valence electrons. The Balaban J connectivity index is 1.68. The van der Waals surface area contributed by atoms with E-state index in [4.69, 9.17) is 11.6 Å². The number of fused-ring (bicyclic) bond motifs is 1. The first-order chi connectivity index (χ1) is 13.0. The van der Waals surface area contributed by atoms with Crippen LogP contribution in [0.3, 0.4) is 0 Å². The van der Waals surface area contributed by atoms with Gasteiger partial charge in [0.05, 0.1) is 11.8 Å². The van der Waals surface area contributed by atoms with E-state index in [0.717, 1.165) is 16.8 Å². The third kappa shape index (κ3) is 3.59. The molecule has 3 aromatic heterocycles. The number of anilines is 1. The molecule has 0 spiro atoms. The maximum absolute atomic E-state index is 13.1. The minimum atomic E-state index is -0.259. The van der Waals surface area contributed by atoms with Crippen molar-refractivity contribution in [3.8, 4) is 11.4 Å². The predicted octanol–water partition coefficient (Wildman–Crippen LogP) is 4.69. The molecule has 0 aliphatic carbocycles. The van der Waals surface area contributed by atoms with Crippen molar-refractivity contribution in [3.05, 3.63) is 65.0 Å². The Labute approximate surface area is 159 Å². The highest BCUT2D eigenvalue weighted by atomic mass is 35.5. The Morgan fingerprint density at radius 3 is 2.70 bits per heavy atom. The van der Waals surface area contributed by atoms with Crippen LogP contribution in [-0.2, 0) is 0 Å². The second-order valence-corrected chi connectivity index (χ2v) is 6.62. The fraction of sp³-hybridized carbons (Fsp3) is 0.158. The Kier molecular flexibility index (Phi) is 4.45. The van der Waals surface area contributed by atoms with E-state index in [1.54, 1.807) is 18.3 Å². The first-order valence-corrected chi connectivity index (χ1v) is 8.75. The monoisotopic (exact) mass is 382 g/mol. The SMILES string of the molecule is Cc1cc(N[C@@H](C)c2ccc(F)cc2)nc(-c2c[nH]c3ncc(Cl)nc23)n1. The first kappa shape index (κ1) is 17.4. The molecule has 3 heterocycles. The standard InChI is InChI=1S/C19H16ClFN6/c1-10-7-16(25-11(2)12-3-5-13(21)6-4-12)27-18(24-10)14-8-22-19-17(14)26-15(20)9-23-19/h3-9,11H,1-2H3,(H,22,23)(H,24,25,27)/t11-/m0/s1. The second-order valence-electron chi connectivity index (χ2n) is 6.23. The van der Waals surface area contributed by atoms with Crippen LogP contribution >= 0.6 is 11.6 Å². The average molecular weight is 383 g/mol. The fourth-order valence-corrected chi connectivity index (χ4v) is 2.99. The van der Waals surface area contributed by atoms with Crippen molar-refractivity contribution in [2.24, 2.45) is 0 Å². The summed E-state index contributed by atoms with van der Waals surface area (Å²) in [4.78, 5) is 20.7. The number of benzene rings is 1. The van der Waals surface area contributed by atoms with Gasteiger partial charge in [-0.1, -0.05) is 23.7 Å². The summed E-state index contributed by atoms with van der Waals surface area (Å²) in [5, 5.41) is 3.64. The number of aromatic amines is 1. The van der Waals surface area contributed by atoms with Crippen molar-refractivity contribution < 1.29 is 4.39 Å². The summed E-state index contributed by atoms with van der Waals surface area (Å²) in [6, 6.07) is 8.19. The highest BCUT2D eigenvalue weighted by molar-refractivity contribution is 6.29. The molecule has 2 N–H and O–H groups in total. The molecule has 6 nitrogen and oxygen atoms in total. The lowest BCUT2D eigenvalue weighted by Gasteiger charge is -2.16. The smallest absolute Gasteiger partial charge is 0.165 e. The molecule has 0 aliphatic heterocycles. The van der Waals surface area contributed by atoms with Crippen LogP contribution in [0.1, 0.15) is 24.2 Å². The molecule has 4 aromatic rings. The molecule has 0 radical (unpaired) electrons. The van der Waals surface area contributed by atoms with Crippen LogP contribution in [-0.4, -0.2) is 24.9 Å². The number of nitrogens with one attached hydrogen (secondary N) is 2. The first-order valence-electron chi connectivity index (χ1n) is 8.37. The van der Waals surface area contributed by atoms with Crippen molar-refractivity contribution in [2.75, 3.05) is 5.32 Å².